The van der Waals surface area contributed by atoms with Gasteiger partial charge in [0, 0.05) is 39.1 Å². The summed E-state index contributed by atoms with van der Waals surface area (Å²) in [7, 11) is 1.62. The van der Waals surface area contributed by atoms with Crippen LogP contribution in [0.15, 0.2) is 4.99 Å². The number of amides is 1. The first-order valence-electron chi connectivity index (χ1n) is 8.31. The monoisotopic (exact) mass is 480 g/mol. The van der Waals surface area contributed by atoms with Gasteiger partial charge in [-0.25, -0.2) is 4.79 Å². The summed E-state index contributed by atoms with van der Waals surface area (Å²) < 4.78 is 41.1. The average molecular weight is 480 g/mol. The van der Waals surface area contributed by atoms with Crippen LogP contribution < -0.4 is 10.6 Å². The Morgan fingerprint density at radius 1 is 1.28 bits per heavy atom. The summed E-state index contributed by atoms with van der Waals surface area (Å²) in [4.78, 5) is 17.4. The van der Waals surface area contributed by atoms with Gasteiger partial charge in [-0.1, -0.05) is 0 Å². The molecule has 0 atom stereocenters. The molecule has 148 valence electrons. The molecule has 0 aromatic heterocycles. The highest BCUT2D eigenvalue weighted by Crippen LogP contribution is 2.21. The fourth-order valence-corrected chi connectivity index (χ4v) is 2.47. The first kappa shape index (κ1) is 24.1. The molecule has 0 spiro atoms. The predicted octanol–water partition coefficient (Wildman–Crippen LogP) is 3.12. The van der Waals surface area contributed by atoms with E-state index in [9.17, 15) is 18.0 Å². The molecule has 0 saturated carbocycles. The van der Waals surface area contributed by atoms with Crippen molar-refractivity contribution in [2.45, 2.75) is 51.2 Å². The van der Waals surface area contributed by atoms with E-state index in [0.717, 1.165) is 12.8 Å². The molecule has 0 aliphatic carbocycles. The Hall–Kier alpha value is -0.940. The summed E-state index contributed by atoms with van der Waals surface area (Å²) in [6.07, 6.45) is -3.06. The number of guanidine groups is 1. The average Bonchev–Trinajstić information content (AvgIpc) is 2.53. The fourth-order valence-electron chi connectivity index (χ4n) is 2.47. The highest BCUT2D eigenvalue weighted by Gasteiger charge is 2.26. The molecule has 6 nitrogen and oxygen atoms in total. The van der Waals surface area contributed by atoms with E-state index in [4.69, 9.17) is 4.74 Å². The zero-order chi connectivity index (χ0) is 18.0. The maximum absolute atomic E-state index is 12.1. The van der Waals surface area contributed by atoms with Crippen molar-refractivity contribution in [1.82, 2.24) is 15.5 Å². The number of halogens is 4. The van der Waals surface area contributed by atoms with Crippen molar-refractivity contribution >= 4 is 36.0 Å². The molecule has 0 unspecified atom stereocenters. The third kappa shape index (κ3) is 10.6. The fraction of sp³-hybridized carbons (Fsp3) is 0.867. The molecule has 1 aliphatic heterocycles. The molecule has 1 fully saturated rings. The van der Waals surface area contributed by atoms with Crippen LogP contribution in [-0.2, 0) is 4.74 Å². The Kier molecular flexibility index (Phi) is 12.0. The van der Waals surface area contributed by atoms with Crippen LogP contribution in [0.4, 0.5) is 18.0 Å². The highest BCUT2D eigenvalue weighted by molar-refractivity contribution is 14.0. The quantitative estimate of drug-likeness (QED) is 0.266. The molecule has 25 heavy (non-hydrogen) atoms. The van der Waals surface area contributed by atoms with Gasteiger partial charge in [-0.2, -0.15) is 13.2 Å². The van der Waals surface area contributed by atoms with Gasteiger partial charge in [0.15, 0.2) is 5.96 Å². The summed E-state index contributed by atoms with van der Waals surface area (Å²) >= 11 is 0. The number of hydrogen-bond donors (Lipinski definition) is 2. The number of aliphatic imine (C=N–C) groups is 1. The minimum atomic E-state index is -4.09. The number of nitrogens with zero attached hydrogens (tertiary/aromatic N) is 2. The van der Waals surface area contributed by atoms with Crippen molar-refractivity contribution in [3.8, 4) is 0 Å². The number of hydrogen-bond acceptors (Lipinski definition) is 3. The maximum atomic E-state index is 12.1. The number of rotatable bonds is 6. The van der Waals surface area contributed by atoms with Crippen LogP contribution in [0.1, 0.15) is 39.0 Å². The summed E-state index contributed by atoms with van der Waals surface area (Å²) in [6.45, 7) is 3.80. The number of nitrogens with one attached hydrogen (secondary N) is 2. The van der Waals surface area contributed by atoms with Crippen molar-refractivity contribution in [3.63, 3.8) is 0 Å². The van der Waals surface area contributed by atoms with Gasteiger partial charge in [0.2, 0.25) is 0 Å². The SMILES string of the molecule is CCOC(=O)N1CCC(NC(=NC)NCCCCC(F)(F)F)CC1.I. The molecule has 0 bridgehead atoms. The zero-order valence-electron chi connectivity index (χ0n) is 14.7. The van der Waals surface area contributed by atoms with Crippen molar-refractivity contribution in [3.05, 3.63) is 0 Å². The Morgan fingerprint density at radius 3 is 2.44 bits per heavy atom. The Morgan fingerprint density at radius 2 is 1.92 bits per heavy atom. The van der Waals surface area contributed by atoms with Crippen molar-refractivity contribution < 1.29 is 22.7 Å². The summed E-state index contributed by atoms with van der Waals surface area (Å²) in [5.41, 5.74) is 0. The Bertz CT molecular complexity index is 414. The van der Waals surface area contributed by atoms with Gasteiger partial charge in [-0.15, -0.1) is 24.0 Å². The minimum absolute atomic E-state index is 0. The van der Waals surface area contributed by atoms with E-state index in [1.54, 1.807) is 18.9 Å². The third-order valence-electron chi connectivity index (χ3n) is 3.76. The number of alkyl halides is 3. The lowest BCUT2D eigenvalue weighted by Crippen LogP contribution is -2.50. The first-order valence-corrected chi connectivity index (χ1v) is 8.31. The standard InChI is InChI=1S/C15H27F3N4O2.HI/c1-3-24-14(23)22-10-6-12(7-11-22)21-13(19-2)20-9-5-4-8-15(16,17)18;/h12H,3-11H2,1-2H3,(H2,19,20,21);1H. The lowest BCUT2D eigenvalue weighted by molar-refractivity contribution is -0.135. The van der Waals surface area contributed by atoms with Gasteiger partial charge in [0.25, 0.3) is 0 Å². The molecular formula is C15H28F3IN4O2. The number of carbonyl (C=O) groups is 1. The molecule has 1 saturated heterocycles. The van der Waals surface area contributed by atoms with Crippen LogP contribution in [0.3, 0.4) is 0 Å². The smallest absolute Gasteiger partial charge is 0.409 e. The van der Waals surface area contributed by atoms with Crippen LogP contribution in [0.2, 0.25) is 0 Å². The van der Waals surface area contributed by atoms with E-state index in [0.29, 0.717) is 38.6 Å². The van der Waals surface area contributed by atoms with E-state index in [2.05, 4.69) is 15.6 Å². The van der Waals surface area contributed by atoms with Gasteiger partial charge in [0.05, 0.1) is 6.61 Å². The molecule has 10 heteroatoms. The van der Waals surface area contributed by atoms with Gasteiger partial charge in [-0.3, -0.25) is 4.99 Å². The number of unbranched alkanes of at least 4 members (excludes halogenated alkanes) is 1. The molecular weight excluding hydrogens is 452 g/mol. The van der Waals surface area contributed by atoms with Gasteiger partial charge >= 0.3 is 12.3 Å². The van der Waals surface area contributed by atoms with Crippen LogP contribution >= 0.6 is 24.0 Å². The number of likely N-dealkylation sites (tertiary alicyclic amines) is 1. The number of piperidine rings is 1. The molecule has 2 N–H and O–H groups in total. The number of carbonyl (C=O) groups excluding carboxylic acids is 1. The lowest BCUT2D eigenvalue weighted by Gasteiger charge is -2.32. The molecule has 0 aromatic rings. The molecule has 1 aliphatic rings. The largest absolute Gasteiger partial charge is 0.450 e. The first-order chi connectivity index (χ1) is 11.4. The lowest BCUT2D eigenvalue weighted by atomic mass is 10.1. The molecule has 0 radical (unpaired) electrons. The summed E-state index contributed by atoms with van der Waals surface area (Å²) in [5.74, 6) is 0.580. The van der Waals surface area contributed by atoms with E-state index in [-0.39, 0.29) is 42.5 Å². The maximum Gasteiger partial charge on any atom is 0.409 e. The van der Waals surface area contributed by atoms with E-state index in [1.165, 1.54) is 0 Å². The van der Waals surface area contributed by atoms with Crippen LogP contribution in [-0.4, -0.2) is 62.5 Å². The highest BCUT2D eigenvalue weighted by atomic mass is 127. The topological polar surface area (TPSA) is 66.0 Å². The second-order valence-corrected chi connectivity index (χ2v) is 5.68. The van der Waals surface area contributed by atoms with Crippen LogP contribution in [0.5, 0.6) is 0 Å². The predicted molar refractivity (Wildman–Crippen MR) is 101 cm³/mol. The van der Waals surface area contributed by atoms with Gasteiger partial charge in [-0.05, 0) is 32.6 Å². The minimum Gasteiger partial charge on any atom is -0.450 e. The van der Waals surface area contributed by atoms with Gasteiger partial charge in [0.1, 0.15) is 0 Å². The van der Waals surface area contributed by atoms with Crippen molar-refractivity contribution in [1.29, 1.82) is 0 Å². The Labute approximate surface area is 164 Å². The normalized spacial score (nSPS) is 16.2. The van der Waals surface area contributed by atoms with E-state index >= 15 is 0 Å². The van der Waals surface area contributed by atoms with Gasteiger partial charge < -0.3 is 20.3 Å². The second-order valence-electron chi connectivity index (χ2n) is 5.68. The third-order valence-corrected chi connectivity index (χ3v) is 3.76. The zero-order valence-corrected chi connectivity index (χ0v) is 17.0. The second kappa shape index (κ2) is 12.4. The van der Waals surface area contributed by atoms with Crippen molar-refractivity contribution in [2.75, 3.05) is 33.3 Å². The molecule has 1 amide bonds. The van der Waals surface area contributed by atoms with Crippen LogP contribution in [0.25, 0.3) is 0 Å². The molecule has 1 heterocycles. The van der Waals surface area contributed by atoms with Crippen molar-refractivity contribution in [2.24, 2.45) is 4.99 Å². The number of ether oxygens (including phenoxy) is 1. The van der Waals surface area contributed by atoms with Crippen LogP contribution in [0, 0.1) is 0 Å². The molecule has 0 aromatic carbocycles. The Balaban J connectivity index is 0.00000576. The summed E-state index contributed by atoms with van der Waals surface area (Å²) in [5, 5.41) is 6.27. The summed E-state index contributed by atoms with van der Waals surface area (Å²) in [6, 6.07) is 0.178. The van der Waals surface area contributed by atoms with E-state index < -0.39 is 12.6 Å². The van der Waals surface area contributed by atoms with E-state index in [1.807, 2.05) is 0 Å². The molecule has 1 rings (SSSR count).